The van der Waals surface area contributed by atoms with Gasteiger partial charge < -0.3 is 19.6 Å². The Morgan fingerprint density at radius 1 is 1.33 bits per heavy atom. The highest BCUT2D eigenvalue weighted by molar-refractivity contribution is 5.77. The van der Waals surface area contributed by atoms with Crippen LogP contribution in [-0.2, 0) is 17.9 Å². The van der Waals surface area contributed by atoms with Crippen LogP contribution in [0.4, 0.5) is 4.39 Å². The van der Waals surface area contributed by atoms with E-state index in [1.165, 1.54) is 24.3 Å². The summed E-state index contributed by atoms with van der Waals surface area (Å²) in [5.74, 6) is -0.0233. The van der Waals surface area contributed by atoms with Crippen molar-refractivity contribution >= 4 is 5.91 Å². The van der Waals surface area contributed by atoms with Crippen LogP contribution in [0.5, 0.6) is 5.75 Å². The van der Waals surface area contributed by atoms with Gasteiger partial charge in [-0.05, 0) is 50.8 Å². The van der Waals surface area contributed by atoms with Crippen molar-refractivity contribution in [1.82, 2.24) is 19.6 Å². The number of aryl methyl sites for hydroxylation is 1. The molecule has 146 valence electrons. The second-order valence-corrected chi connectivity index (χ2v) is 6.97. The highest BCUT2D eigenvalue weighted by atomic mass is 19.1. The number of carbonyl (C=O) groups excluding carboxylic acids is 1. The van der Waals surface area contributed by atoms with Crippen molar-refractivity contribution < 1.29 is 19.0 Å². The van der Waals surface area contributed by atoms with Crippen molar-refractivity contribution in [3.63, 3.8) is 0 Å². The predicted molar refractivity (Wildman–Crippen MR) is 97.7 cm³/mol. The van der Waals surface area contributed by atoms with Gasteiger partial charge in [0.15, 0.2) is 6.61 Å². The van der Waals surface area contributed by atoms with Crippen molar-refractivity contribution in [3.05, 3.63) is 47.5 Å². The van der Waals surface area contributed by atoms with Gasteiger partial charge in [-0.15, -0.1) is 0 Å². The Hall–Kier alpha value is -2.45. The topological polar surface area (TPSA) is 70.8 Å². The standard InChI is InChI=1S/C19H25FN4O3/c1-22(2)12-18(25)17-10-15-11-23(8-3-9-24(15)21-17)19(26)13-27-16-6-4-14(20)5-7-16/h4-7,10,18,25H,3,8-9,11-13H2,1-2H3/t18-/m1/s1. The molecule has 1 amide bonds. The first-order valence-electron chi connectivity index (χ1n) is 8.98. The first-order chi connectivity index (χ1) is 12.9. The fourth-order valence-corrected chi connectivity index (χ4v) is 3.07. The summed E-state index contributed by atoms with van der Waals surface area (Å²) in [6, 6.07) is 7.45. The fourth-order valence-electron chi connectivity index (χ4n) is 3.07. The smallest absolute Gasteiger partial charge is 0.260 e. The Labute approximate surface area is 157 Å². The molecule has 1 N–H and O–H groups in total. The number of aliphatic hydroxyl groups excluding tert-OH is 1. The molecule has 2 aromatic rings. The molecule has 0 saturated carbocycles. The maximum atomic E-state index is 12.9. The molecule has 0 saturated heterocycles. The number of benzene rings is 1. The normalized spacial score (nSPS) is 15.4. The zero-order chi connectivity index (χ0) is 19.4. The lowest BCUT2D eigenvalue weighted by Crippen LogP contribution is -2.34. The summed E-state index contributed by atoms with van der Waals surface area (Å²) in [5.41, 5.74) is 1.52. The van der Waals surface area contributed by atoms with E-state index in [1.54, 1.807) is 4.90 Å². The Balaban J connectivity index is 1.62. The second-order valence-electron chi connectivity index (χ2n) is 6.97. The second kappa shape index (κ2) is 8.49. The molecule has 1 aromatic heterocycles. The van der Waals surface area contributed by atoms with Crippen LogP contribution >= 0.6 is 0 Å². The van der Waals surface area contributed by atoms with Gasteiger partial charge in [0.2, 0.25) is 0 Å². The van der Waals surface area contributed by atoms with Crippen molar-refractivity contribution in [2.24, 2.45) is 0 Å². The lowest BCUT2D eigenvalue weighted by molar-refractivity contribution is -0.134. The minimum absolute atomic E-state index is 0.101. The Morgan fingerprint density at radius 2 is 2.07 bits per heavy atom. The molecule has 1 aliphatic heterocycles. The summed E-state index contributed by atoms with van der Waals surface area (Å²) >= 11 is 0. The molecule has 0 fully saturated rings. The lowest BCUT2D eigenvalue weighted by Gasteiger charge is -2.20. The van der Waals surface area contributed by atoms with Crippen LogP contribution in [-0.4, -0.2) is 64.4 Å². The molecule has 2 heterocycles. The van der Waals surface area contributed by atoms with Crippen LogP contribution in [0.15, 0.2) is 30.3 Å². The number of aromatic nitrogens is 2. The molecular weight excluding hydrogens is 351 g/mol. The average Bonchev–Trinajstić information content (AvgIpc) is 2.92. The van der Waals surface area contributed by atoms with Crippen molar-refractivity contribution in [1.29, 1.82) is 0 Å². The molecule has 1 aromatic carbocycles. The number of likely N-dealkylation sites (N-methyl/N-ethyl adjacent to an activating group) is 1. The lowest BCUT2D eigenvalue weighted by atomic mass is 10.2. The van der Waals surface area contributed by atoms with E-state index in [1.807, 2.05) is 29.7 Å². The largest absolute Gasteiger partial charge is 0.484 e. The number of fused-ring (bicyclic) bond motifs is 1. The van der Waals surface area contributed by atoms with Gasteiger partial charge in [0, 0.05) is 19.6 Å². The zero-order valence-electron chi connectivity index (χ0n) is 15.6. The maximum absolute atomic E-state index is 12.9. The van der Waals surface area contributed by atoms with Gasteiger partial charge in [0.05, 0.1) is 17.9 Å². The SMILES string of the molecule is CN(C)C[C@@H](O)c1cc2n(n1)CCCN(C(=O)COc1ccc(F)cc1)C2. The first-order valence-corrected chi connectivity index (χ1v) is 8.98. The summed E-state index contributed by atoms with van der Waals surface area (Å²) < 4.78 is 20.3. The summed E-state index contributed by atoms with van der Waals surface area (Å²) in [4.78, 5) is 16.2. The molecule has 1 aliphatic rings. The van der Waals surface area contributed by atoms with Crippen LogP contribution in [0.25, 0.3) is 0 Å². The molecule has 0 aliphatic carbocycles. The highest BCUT2D eigenvalue weighted by Gasteiger charge is 2.23. The van der Waals surface area contributed by atoms with E-state index in [0.29, 0.717) is 37.6 Å². The van der Waals surface area contributed by atoms with Crippen LogP contribution in [0, 0.1) is 5.82 Å². The molecule has 0 unspecified atom stereocenters. The van der Waals surface area contributed by atoms with Crippen molar-refractivity contribution in [2.45, 2.75) is 25.6 Å². The van der Waals surface area contributed by atoms with Gasteiger partial charge in [0.1, 0.15) is 17.7 Å². The summed E-state index contributed by atoms with van der Waals surface area (Å²) in [6.07, 6.45) is 0.116. The molecule has 0 spiro atoms. The van der Waals surface area contributed by atoms with Gasteiger partial charge in [-0.2, -0.15) is 5.10 Å². The van der Waals surface area contributed by atoms with Gasteiger partial charge in [-0.1, -0.05) is 0 Å². The quantitative estimate of drug-likeness (QED) is 0.826. The third-order valence-corrected chi connectivity index (χ3v) is 4.44. The first kappa shape index (κ1) is 19.3. The average molecular weight is 376 g/mol. The summed E-state index contributed by atoms with van der Waals surface area (Å²) in [6.45, 7) is 2.13. The third-order valence-electron chi connectivity index (χ3n) is 4.44. The number of amides is 1. The summed E-state index contributed by atoms with van der Waals surface area (Å²) in [5, 5.41) is 14.8. The number of ether oxygens (including phenoxy) is 1. The van der Waals surface area contributed by atoms with Crippen LogP contribution < -0.4 is 4.74 Å². The van der Waals surface area contributed by atoms with Crippen molar-refractivity contribution in [2.75, 3.05) is 33.8 Å². The molecule has 0 radical (unpaired) electrons. The number of rotatable bonds is 6. The predicted octanol–water partition coefficient (Wildman–Crippen LogP) is 1.43. The van der Waals surface area contributed by atoms with E-state index in [-0.39, 0.29) is 18.3 Å². The van der Waals surface area contributed by atoms with Gasteiger partial charge in [0.25, 0.3) is 5.91 Å². The number of hydrogen-bond donors (Lipinski definition) is 1. The van der Waals surface area contributed by atoms with E-state index in [2.05, 4.69) is 5.10 Å². The Kier molecular flexibility index (Phi) is 6.08. The van der Waals surface area contributed by atoms with Crippen LogP contribution in [0.2, 0.25) is 0 Å². The van der Waals surface area contributed by atoms with E-state index in [0.717, 1.165) is 12.1 Å². The minimum Gasteiger partial charge on any atom is -0.484 e. The summed E-state index contributed by atoms with van der Waals surface area (Å²) in [7, 11) is 3.79. The monoisotopic (exact) mass is 376 g/mol. The van der Waals surface area contributed by atoms with E-state index in [9.17, 15) is 14.3 Å². The molecule has 0 bridgehead atoms. The number of nitrogens with zero attached hydrogens (tertiary/aromatic N) is 4. The van der Waals surface area contributed by atoms with Crippen molar-refractivity contribution in [3.8, 4) is 5.75 Å². The van der Waals surface area contributed by atoms with E-state index >= 15 is 0 Å². The van der Waals surface area contributed by atoms with Crippen LogP contribution in [0.1, 0.15) is 23.9 Å². The third kappa shape index (κ3) is 5.05. The molecule has 8 heteroatoms. The molecule has 3 rings (SSSR count). The molecule has 1 atom stereocenters. The molecule has 27 heavy (non-hydrogen) atoms. The molecule has 7 nitrogen and oxygen atoms in total. The van der Waals surface area contributed by atoms with E-state index in [4.69, 9.17) is 4.74 Å². The molecular formula is C19H25FN4O3. The fraction of sp³-hybridized carbons (Fsp3) is 0.474. The maximum Gasteiger partial charge on any atom is 0.260 e. The number of carbonyl (C=O) groups is 1. The Bertz CT molecular complexity index is 776. The number of hydrogen-bond acceptors (Lipinski definition) is 5. The zero-order valence-corrected chi connectivity index (χ0v) is 15.6. The van der Waals surface area contributed by atoms with Gasteiger partial charge >= 0.3 is 0 Å². The van der Waals surface area contributed by atoms with Gasteiger partial charge in [-0.25, -0.2) is 4.39 Å². The van der Waals surface area contributed by atoms with Gasteiger partial charge in [-0.3, -0.25) is 9.48 Å². The number of aliphatic hydroxyl groups is 1. The Morgan fingerprint density at radius 3 is 2.78 bits per heavy atom. The van der Waals surface area contributed by atoms with Crippen LogP contribution in [0.3, 0.4) is 0 Å². The highest BCUT2D eigenvalue weighted by Crippen LogP contribution is 2.19. The number of halogens is 1. The van der Waals surface area contributed by atoms with E-state index < -0.39 is 6.10 Å². The minimum atomic E-state index is -0.662.